The van der Waals surface area contributed by atoms with Gasteiger partial charge in [0.25, 0.3) is 0 Å². The molecule has 1 aromatic carbocycles. The molecule has 0 saturated heterocycles. The van der Waals surface area contributed by atoms with Crippen LogP contribution in [0.3, 0.4) is 0 Å². The zero-order valence-corrected chi connectivity index (χ0v) is 12.8. The molecule has 1 heterocycles. The molecule has 0 saturated carbocycles. The molecule has 21 heavy (non-hydrogen) atoms. The zero-order chi connectivity index (χ0) is 15.2. The van der Waals surface area contributed by atoms with Crippen LogP contribution in [0.2, 0.25) is 0 Å². The Balaban J connectivity index is 1.76. The number of rotatable bonds is 7. The summed E-state index contributed by atoms with van der Waals surface area (Å²) < 4.78 is 20.9. The van der Waals surface area contributed by atoms with Crippen LogP contribution in [-0.2, 0) is 13.1 Å². The van der Waals surface area contributed by atoms with E-state index in [9.17, 15) is 4.39 Å². The standard InChI is InChI=1S/C16H22FN3O/c1-12-10-13(2)20(19-12)9-5-8-18-11-14-6-4-7-15(21-3)16(14)17/h4,6-7,10,18H,5,8-9,11H2,1-3H3. The lowest BCUT2D eigenvalue weighted by Crippen LogP contribution is -2.18. The van der Waals surface area contributed by atoms with Crippen LogP contribution in [0.25, 0.3) is 0 Å². The molecule has 1 N–H and O–H groups in total. The SMILES string of the molecule is COc1cccc(CNCCCn2nc(C)cc2C)c1F. The molecular weight excluding hydrogens is 269 g/mol. The molecule has 0 fully saturated rings. The van der Waals surface area contributed by atoms with Gasteiger partial charge >= 0.3 is 0 Å². The molecular formula is C16H22FN3O. The number of aryl methyl sites for hydroxylation is 3. The van der Waals surface area contributed by atoms with Crippen molar-refractivity contribution in [2.24, 2.45) is 0 Å². The van der Waals surface area contributed by atoms with Crippen molar-refractivity contribution in [1.82, 2.24) is 15.1 Å². The van der Waals surface area contributed by atoms with Crippen LogP contribution < -0.4 is 10.1 Å². The van der Waals surface area contributed by atoms with Gasteiger partial charge in [0.15, 0.2) is 11.6 Å². The highest BCUT2D eigenvalue weighted by Gasteiger charge is 2.07. The van der Waals surface area contributed by atoms with E-state index in [1.165, 1.54) is 12.8 Å². The molecule has 4 nitrogen and oxygen atoms in total. The quantitative estimate of drug-likeness (QED) is 0.797. The van der Waals surface area contributed by atoms with Crippen molar-refractivity contribution in [1.29, 1.82) is 0 Å². The lowest BCUT2D eigenvalue weighted by Gasteiger charge is -2.09. The normalized spacial score (nSPS) is 10.9. The van der Waals surface area contributed by atoms with E-state index in [1.807, 2.05) is 11.6 Å². The lowest BCUT2D eigenvalue weighted by molar-refractivity contribution is 0.383. The van der Waals surface area contributed by atoms with Crippen LogP contribution in [0, 0.1) is 19.7 Å². The molecule has 114 valence electrons. The summed E-state index contributed by atoms with van der Waals surface area (Å²) >= 11 is 0. The Bertz CT molecular complexity index is 595. The largest absolute Gasteiger partial charge is 0.494 e. The molecule has 0 aliphatic rings. The van der Waals surface area contributed by atoms with Crippen molar-refractivity contribution in [3.8, 4) is 5.75 Å². The van der Waals surface area contributed by atoms with E-state index in [1.54, 1.807) is 18.2 Å². The molecule has 2 aromatic rings. The van der Waals surface area contributed by atoms with Crippen LogP contribution in [0.1, 0.15) is 23.4 Å². The predicted molar refractivity (Wildman–Crippen MR) is 81.0 cm³/mol. The minimum absolute atomic E-state index is 0.286. The first kappa shape index (κ1) is 15.5. The van der Waals surface area contributed by atoms with Gasteiger partial charge in [-0.15, -0.1) is 0 Å². The monoisotopic (exact) mass is 291 g/mol. The second-order valence-corrected chi connectivity index (χ2v) is 5.11. The van der Waals surface area contributed by atoms with Gasteiger partial charge in [-0.1, -0.05) is 12.1 Å². The summed E-state index contributed by atoms with van der Waals surface area (Å²) in [6, 6.07) is 7.27. The first-order valence-corrected chi connectivity index (χ1v) is 7.15. The van der Waals surface area contributed by atoms with Gasteiger partial charge in [0.05, 0.1) is 12.8 Å². The van der Waals surface area contributed by atoms with Gasteiger partial charge in [-0.3, -0.25) is 4.68 Å². The van der Waals surface area contributed by atoms with E-state index >= 15 is 0 Å². The van der Waals surface area contributed by atoms with Gasteiger partial charge < -0.3 is 10.1 Å². The summed E-state index contributed by atoms with van der Waals surface area (Å²) in [5.41, 5.74) is 2.84. The number of halogens is 1. The van der Waals surface area contributed by atoms with Crippen molar-refractivity contribution in [2.45, 2.75) is 33.4 Å². The molecule has 5 heteroatoms. The third-order valence-electron chi connectivity index (χ3n) is 3.41. The number of methoxy groups -OCH3 is 1. The summed E-state index contributed by atoms with van der Waals surface area (Å²) in [6.07, 6.45) is 0.952. The van der Waals surface area contributed by atoms with E-state index in [0.29, 0.717) is 12.1 Å². The molecule has 0 aliphatic carbocycles. The molecule has 0 atom stereocenters. The lowest BCUT2D eigenvalue weighted by atomic mass is 10.2. The first-order chi connectivity index (χ1) is 10.1. The first-order valence-electron chi connectivity index (χ1n) is 7.15. The molecule has 0 radical (unpaired) electrons. The van der Waals surface area contributed by atoms with Crippen LogP contribution in [0.4, 0.5) is 4.39 Å². The number of hydrogen-bond acceptors (Lipinski definition) is 3. The van der Waals surface area contributed by atoms with E-state index < -0.39 is 0 Å². The molecule has 0 bridgehead atoms. The second-order valence-electron chi connectivity index (χ2n) is 5.11. The number of nitrogens with zero attached hydrogens (tertiary/aromatic N) is 2. The molecule has 0 amide bonds. The Morgan fingerprint density at radius 1 is 1.33 bits per heavy atom. The fourth-order valence-corrected chi connectivity index (χ4v) is 2.33. The fraction of sp³-hybridized carbons (Fsp3) is 0.438. The van der Waals surface area contributed by atoms with Gasteiger partial charge in [-0.25, -0.2) is 4.39 Å². The van der Waals surface area contributed by atoms with E-state index in [4.69, 9.17) is 4.74 Å². The van der Waals surface area contributed by atoms with Gasteiger partial charge in [0.2, 0.25) is 0 Å². The maximum absolute atomic E-state index is 13.9. The average Bonchev–Trinajstić information content (AvgIpc) is 2.78. The smallest absolute Gasteiger partial charge is 0.169 e. The minimum Gasteiger partial charge on any atom is -0.494 e. The summed E-state index contributed by atoms with van der Waals surface area (Å²) in [5, 5.41) is 7.67. The molecule has 1 aromatic heterocycles. The van der Waals surface area contributed by atoms with Gasteiger partial charge in [-0.2, -0.15) is 5.10 Å². The molecule has 0 aliphatic heterocycles. The molecule has 0 unspecified atom stereocenters. The highest BCUT2D eigenvalue weighted by Crippen LogP contribution is 2.19. The van der Waals surface area contributed by atoms with E-state index in [0.717, 1.165) is 25.2 Å². The number of aromatic nitrogens is 2. The van der Waals surface area contributed by atoms with E-state index in [-0.39, 0.29) is 11.6 Å². The van der Waals surface area contributed by atoms with Crippen molar-refractivity contribution in [3.05, 3.63) is 47.0 Å². The Morgan fingerprint density at radius 3 is 2.81 bits per heavy atom. The van der Waals surface area contributed by atoms with Crippen LogP contribution in [-0.4, -0.2) is 23.4 Å². The van der Waals surface area contributed by atoms with Crippen LogP contribution >= 0.6 is 0 Å². The Kier molecular flexibility index (Phi) is 5.33. The Morgan fingerprint density at radius 2 is 2.14 bits per heavy atom. The van der Waals surface area contributed by atoms with Crippen LogP contribution in [0.5, 0.6) is 5.75 Å². The number of benzene rings is 1. The van der Waals surface area contributed by atoms with E-state index in [2.05, 4.69) is 23.4 Å². The van der Waals surface area contributed by atoms with Gasteiger partial charge in [0, 0.05) is 24.3 Å². The average molecular weight is 291 g/mol. The Labute approximate surface area is 124 Å². The summed E-state index contributed by atoms with van der Waals surface area (Å²) in [7, 11) is 1.48. The summed E-state index contributed by atoms with van der Waals surface area (Å²) in [5.74, 6) is 0.00277. The zero-order valence-electron chi connectivity index (χ0n) is 12.8. The fourth-order valence-electron chi connectivity index (χ4n) is 2.33. The highest BCUT2D eigenvalue weighted by molar-refractivity contribution is 5.30. The van der Waals surface area contributed by atoms with Crippen molar-refractivity contribution in [2.75, 3.05) is 13.7 Å². The third-order valence-corrected chi connectivity index (χ3v) is 3.41. The topological polar surface area (TPSA) is 39.1 Å². The number of ether oxygens (including phenoxy) is 1. The summed E-state index contributed by atoms with van der Waals surface area (Å²) in [4.78, 5) is 0. The number of nitrogens with one attached hydrogen (secondary N) is 1. The maximum atomic E-state index is 13.9. The van der Waals surface area contributed by atoms with Crippen molar-refractivity contribution < 1.29 is 9.13 Å². The minimum atomic E-state index is -0.286. The van der Waals surface area contributed by atoms with Gasteiger partial charge in [0.1, 0.15) is 0 Å². The number of hydrogen-bond donors (Lipinski definition) is 1. The molecule has 0 spiro atoms. The third kappa shape index (κ3) is 4.04. The van der Waals surface area contributed by atoms with Gasteiger partial charge in [-0.05, 0) is 38.9 Å². The molecule has 2 rings (SSSR count). The van der Waals surface area contributed by atoms with Crippen LogP contribution in [0.15, 0.2) is 24.3 Å². The second kappa shape index (κ2) is 7.22. The highest BCUT2D eigenvalue weighted by atomic mass is 19.1. The van der Waals surface area contributed by atoms with Crippen molar-refractivity contribution in [3.63, 3.8) is 0 Å². The maximum Gasteiger partial charge on any atom is 0.169 e. The summed E-state index contributed by atoms with van der Waals surface area (Å²) in [6.45, 7) is 6.23. The predicted octanol–water partition coefficient (Wildman–Crippen LogP) is 2.83. The van der Waals surface area contributed by atoms with Crippen molar-refractivity contribution >= 4 is 0 Å². The Hall–Kier alpha value is -1.88.